The minimum Gasteiger partial charge on any atom is -0.493 e. The van der Waals surface area contributed by atoms with Crippen molar-refractivity contribution in [2.24, 2.45) is 5.92 Å². The summed E-state index contributed by atoms with van der Waals surface area (Å²) < 4.78 is 5.63. The number of hydrogen-bond acceptors (Lipinski definition) is 3. The van der Waals surface area contributed by atoms with Crippen LogP contribution in [0.3, 0.4) is 0 Å². The van der Waals surface area contributed by atoms with E-state index >= 15 is 0 Å². The van der Waals surface area contributed by atoms with Crippen molar-refractivity contribution in [3.05, 3.63) is 60.4 Å². The van der Waals surface area contributed by atoms with Gasteiger partial charge in [-0.15, -0.1) is 0 Å². The molecule has 1 amide bonds. The lowest BCUT2D eigenvalue weighted by Crippen LogP contribution is -2.41. The summed E-state index contributed by atoms with van der Waals surface area (Å²) in [6.07, 6.45) is 5.46. The molecule has 0 radical (unpaired) electrons. The van der Waals surface area contributed by atoms with Gasteiger partial charge in [0.25, 0.3) is 0 Å². The van der Waals surface area contributed by atoms with Crippen molar-refractivity contribution >= 4 is 5.91 Å². The molecular weight excluding hydrogens is 300 g/mol. The summed E-state index contributed by atoms with van der Waals surface area (Å²) >= 11 is 0. The fraction of sp³-hybridized carbons (Fsp3) is 0.400. The third-order valence-corrected chi connectivity index (χ3v) is 4.42. The first-order valence-electron chi connectivity index (χ1n) is 8.67. The fourth-order valence-electron chi connectivity index (χ4n) is 3.20. The molecule has 1 saturated heterocycles. The number of carbonyl (C=O) groups is 1. The van der Waals surface area contributed by atoms with Crippen molar-refractivity contribution in [1.29, 1.82) is 0 Å². The van der Waals surface area contributed by atoms with E-state index in [2.05, 4.69) is 11.1 Å². The highest BCUT2D eigenvalue weighted by Crippen LogP contribution is 2.20. The minimum atomic E-state index is 0.191. The van der Waals surface area contributed by atoms with E-state index in [0.29, 0.717) is 18.9 Å². The number of carbonyl (C=O) groups excluding carboxylic acids is 1. The second-order valence-electron chi connectivity index (χ2n) is 6.28. The lowest BCUT2D eigenvalue weighted by molar-refractivity contribution is -0.133. The SMILES string of the molecule is O=C(CCOc1ccccc1)N1CCC[C@@H](Cc2ccccn2)C1. The van der Waals surface area contributed by atoms with Crippen LogP contribution in [-0.4, -0.2) is 35.5 Å². The molecule has 24 heavy (non-hydrogen) atoms. The number of amides is 1. The van der Waals surface area contributed by atoms with Gasteiger partial charge >= 0.3 is 0 Å². The number of para-hydroxylation sites is 1. The summed E-state index contributed by atoms with van der Waals surface area (Å²) in [7, 11) is 0. The summed E-state index contributed by atoms with van der Waals surface area (Å²) in [6, 6.07) is 15.7. The van der Waals surface area contributed by atoms with Gasteiger partial charge in [0.1, 0.15) is 5.75 Å². The van der Waals surface area contributed by atoms with Crippen LogP contribution < -0.4 is 4.74 Å². The third kappa shape index (κ3) is 4.82. The highest BCUT2D eigenvalue weighted by atomic mass is 16.5. The van der Waals surface area contributed by atoms with Crippen molar-refractivity contribution in [3.63, 3.8) is 0 Å². The molecule has 1 fully saturated rings. The Labute approximate surface area is 143 Å². The lowest BCUT2D eigenvalue weighted by Gasteiger charge is -2.32. The summed E-state index contributed by atoms with van der Waals surface area (Å²) in [5, 5.41) is 0. The molecule has 1 aromatic carbocycles. The van der Waals surface area contributed by atoms with Gasteiger partial charge in [-0.2, -0.15) is 0 Å². The van der Waals surface area contributed by atoms with Crippen LogP contribution in [0.5, 0.6) is 5.75 Å². The van der Waals surface area contributed by atoms with E-state index in [-0.39, 0.29) is 5.91 Å². The molecule has 4 nitrogen and oxygen atoms in total. The van der Waals surface area contributed by atoms with Crippen LogP contribution in [0.15, 0.2) is 54.7 Å². The van der Waals surface area contributed by atoms with E-state index in [1.54, 1.807) is 0 Å². The molecule has 0 bridgehead atoms. The summed E-state index contributed by atoms with van der Waals surface area (Å²) in [5.74, 6) is 1.52. The van der Waals surface area contributed by atoms with Crippen molar-refractivity contribution < 1.29 is 9.53 Å². The molecule has 1 aliphatic rings. The Kier molecular flexibility index (Phi) is 5.83. The Morgan fingerprint density at radius 1 is 1.17 bits per heavy atom. The van der Waals surface area contributed by atoms with Crippen molar-refractivity contribution in [2.75, 3.05) is 19.7 Å². The Balaban J connectivity index is 1.44. The normalized spacial score (nSPS) is 17.5. The zero-order valence-corrected chi connectivity index (χ0v) is 13.9. The van der Waals surface area contributed by atoms with Crippen LogP contribution in [0.2, 0.25) is 0 Å². The van der Waals surface area contributed by atoms with E-state index in [4.69, 9.17) is 4.74 Å². The predicted octanol–water partition coefficient (Wildman–Crippen LogP) is 3.33. The number of benzene rings is 1. The van der Waals surface area contributed by atoms with E-state index in [1.807, 2.05) is 53.6 Å². The van der Waals surface area contributed by atoms with Gasteiger partial charge < -0.3 is 9.64 Å². The maximum Gasteiger partial charge on any atom is 0.226 e. The monoisotopic (exact) mass is 324 g/mol. The van der Waals surface area contributed by atoms with E-state index in [1.165, 1.54) is 6.42 Å². The number of hydrogen-bond donors (Lipinski definition) is 0. The molecule has 2 aromatic rings. The van der Waals surface area contributed by atoms with Crippen molar-refractivity contribution in [1.82, 2.24) is 9.88 Å². The zero-order valence-electron chi connectivity index (χ0n) is 13.9. The van der Waals surface area contributed by atoms with Gasteiger partial charge in [-0.1, -0.05) is 24.3 Å². The first kappa shape index (κ1) is 16.5. The average Bonchev–Trinajstić information content (AvgIpc) is 2.64. The molecule has 0 aliphatic carbocycles. The molecule has 1 aliphatic heterocycles. The second kappa shape index (κ2) is 8.48. The zero-order chi connectivity index (χ0) is 16.6. The maximum atomic E-state index is 12.4. The summed E-state index contributed by atoms with van der Waals surface area (Å²) in [5.41, 5.74) is 1.12. The molecule has 126 valence electrons. The quantitative estimate of drug-likeness (QED) is 0.818. The van der Waals surface area contributed by atoms with Crippen LogP contribution in [0.25, 0.3) is 0 Å². The Bertz CT molecular complexity index is 631. The van der Waals surface area contributed by atoms with Gasteiger partial charge in [0.2, 0.25) is 5.91 Å². The number of likely N-dealkylation sites (tertiary alicyclic amines) is 1. The molecule has 0 unspecified atom stereocenters. The highest BCUT2D eigenvalue weighted by Gasteiger charge is 2.23. The van der Waals surface area contributed by atoms with E-state index in [9.17, 15) is 4.79 Å². The van der Waals surface area contributed by atoms with E-state index in [0.717, 1.165) is 37.4 Å². The number of ether oxygens (including phenoxy) is 1. The van der Waals surface area contributed by atoms with Crippen LogP contribution >= 0.6 is 0 Å². The number of piperidine rings is 1. The smallest absolute Gasteiger partial charge is 0.226 e. The Hall–Kier alpha value is -2.36. The number of pyridine rings is 1. The minimum absolute atomic E-state index is 0.191. The van der Waals surface area contributed by atoms with Gasteiger partial charge in [-0.25, -0.2) is 0 Å². The van der Waals surface area contributed by atoms with E-state index < -0.39 is 0 Å². The molecule has 1 aromatic heterocycles. The molecule has 4 heteroatoms. The maximum absolute atomic E-state index is 12.4. The lowest BCUT2D eigenvalue weighted by atomic mass is 9.93. The second-order valence-corrected chi connectivity index (χ2v) is 6.28. The number of aromatic nitrogens is 1. The van der Waals surface area contributed by atoms with Gasteiger partial charge in [-0.3, -0.25) is 9.78 Å². The number of rotatable bonds is 6. The van der Waals surface area contributed by atoms with Crippen molar-refractivity contribution in [2.45, 2.75) is 25.7 Å². The van der Waals surface area contributed by atoms with Crippen LogP contribution in [-0.2, 0) is 11.2 Å². The molecule has 3 rings (SSSR count). The van der Waals surface area contributed by atoms with Crippen LogP contribution in [0, 0.1) is 5.92 Å². The van der Waals surface area contributed by atoms with Gasteiger partial charge in [-0.05, 0) is 49.4 Å². The molecule has 0 saturated carbocycles. The van der Waals surface area contributed by atoms with Gasteiger partial charge in [0, 0.05) is 25.0 Å². The summed E-state index contributed by atoms with van der Waals surface area (Å²) in [4.78, 5) is 18.8. The van der Waals surface area contributed by atoms with Gasteiger partial charge in [0.15, 0.2) is 0 Å². The highest BCUT2D eigenvalue weighted by molar-refractivity contribution is 5.76. The summed E-state index contributed by atoms with van der Waals surface area (Å²) in [6.45, 7) is 2.13. The van der Waals surface area contributed by atoms with Crippen molar-refractivity contribution in [3.8, 4) is 5.75 Å². The van der Waals surface area contributed by atoms with Crippen LogP contribution in [0.4, 0.5) is 0 Å². The van der Waals surface area contributed by atoms with Gasteiger partial charge in [0.05, 0.1) is 13.0 Å². The first-order chi connectivity index (χ1) is 11.8. The Morgan fingerprint density at radius 3 is 2.79 bits per heavy atom. The largest absolute Gasteiger partial charge is 0.493 e. The molecule has 2 heterocycles. The third-order valence-electron chi connectivity index (χ3n) is 4.42. The first-order valence-corrected chi connectivity index (χ1v) is 8.67. The standard InChI is InChI=1S/C20H24N2O2/c23-20(11-14-24-19-9-2-1-3-10-19)22-13-6-7-17(16-22)15-18-8-4-5-12-21-18/h1-5,8-10,12,17H,6-7,11,13-16H2/t17-/m0/s1. The molecular formula is C20H24N2O2. The molecule has 0 N–H and O–H groups in total. The number of nitrogens with zero attached hydrogens (tertiary/aromatic N) is 2. The topological polar surface area (TPSA) is 42.4 Å². The van der Waals surface area contributed by atoms with Crippen LogP contribution in [0.1, 0.15) is 25.0 Å². The molecule has 0 spiro atoms. The predicted molar refractivity (Wildman–Crippen MR) is 93.8 cm³/mol. The Morgan fingerprint density at radius 2 is 2.00 bits per heavy atom. The fourth-order valence-corrected chi connectivity index (χ4v) is 3.20. The average molecular weight is 324 g/mol. The molecule has 1 atom stereocenters.